The summed E-state index contributed by atoms with van der Waals surface area (Å²) in [5.41, 5.74) is 2.07. The monoisotopic (exact) mass is 385 g/mol. The lowest BCUT2D eigenvalue weighted by Crippen LogP contribution is -2.26. The largest absolute Gasteiger partial charge is 0.352 e. The van der Waals surface area contributed by atoms with Gasteiger partial charge in [-0.1, -0.05) is 18.2 Å². The van der Waals surface area contributed by atoms with Crippen LogP contribution in [0.5, 0.6) is 0 Å². The number of aromatic nitrogens is 3. The zero-order valence-electron chi connectivity index (χ0n) is 14.7. The number of hydrogen-bond donors (Lipinski definition) is 2. The lowest BCUT2D eigenvalue weighted by atomic mass is 10.1. The Balaban J connectivity index is 1.61. The molecule has 0 aliphatic rings. The predicted molar refractivity (Wildman–Crippen MR) is 99.9 cm³/mol. The average Bonchev–Trinajstić information content (AvgIpc) is 3.03. The van der Waals surface area contributed by atoms with Crippen molar-refractivity contribution < 1.29 is 13.2 Å². The van der Waals surface area contributed by atoms with Crippen LogP contribution in [0.25, 0.3) is 5.82 Å². The van der Waals surface area contributed by atoms with Crippen molar-refractivity contribution in [2.24, 2.45) is 5.14 Å². The van der Waals surface area contributed by atoms with Crippen molar-refractivity contribution in [1.29, 1.82) is 0 Å². The van der Waals surface area contributed by atoms with Crippen molar-refractivity contribution in [2.45, 2.75) is 18.2 Å². The molecule has 0 bridgehead atoms. The number of carbonyl (C=O) groups excluding carboxylic acids is 1. The van der Waals surface area contributed by atoms with Crippen LogP contribution in [-0.2, 0) is 16.4 Å². The standard InChI is InChI=1S/C18H19N5O3S/c1-13-16(12-22-23(13)17-4-2-3-10-20-17)18(24)21-11-9-14-5-7-15(8-6-14)27(19,25)26/h2-8,10,12H,9,11H2,1H3,(H,21,24)(H2,19,25,26). The van der Waals surface area contributed by atoms with E-state index in [4.69, 9.17) is 5.14 Å². The second kappa shape index (κ2) is 7.68. The number of hydrogen-bond acceptors (Lipinski definition) is 5. The molecule has 3 aromatic rings. The number of sulfonamides is 1. The van der Waals surface area contributed by atoms with E-state index in [0.717, 1.165) is 5.56 Å². The lowest BCUT2D eigenvalue weighted by Gasteiger charge is -2.07. The van der Waals surface area contributed by atoms with E-state index in [9.17, 15) is 13.2 Å². The van der Waals surface area contributed by atoms with E-state index in [0.29, 0.717) is 30.0 Å². The maximum Gasteiger partial charge on any atom is 0.254 e. The lowest BCUT2D eigenvalue weighted by molar-refractivity contribution is 0.0953. The average molecular weight is 385 g/mol. The number of benzene rings is 1. The number of nitrogens with zero attached hydrogens (tertiary/aromatic N) is 3. The first-order valence-corrected chi connectivity index (χ1v) is 9.77. The molecule has 2 aromatic heterocycles. The Kier molecular flexibility index (Phi) is 5.33. The summed E-state index contributed by atoms with van der Waals surface area (Å²) in [7, 11) is -3.70. The zero-order chi connectivity index (χ0) is 19.4. The first-order valence-electron chi connectivity index (χ1n) is 8.22. The summed E-state index contributed by atoms with van der Waals surface area (Å²) in [6.07, 6.45) is 3.74. The highest BCUT2D eigenvalue weighted by Crippen LogP contribution is 2.12. The smallest absolute Gasteiger partial charge is 0.254 e. The third kappa shape index (κ3) is 4.39. The van der Waals surface area contributed by atoms with Crippen LogP contribution in [0.4, 0.5) is 0 Å². The number of pyridine rings is 1. The van der Waals surface area contributed by atoms with Gasteiger partial charge in [-0.25, -0.2) is 23.2 Å². The second-order valence-corrected chi connectivity index (χ2v) is 7.50. The van der Waals surface area contributed by atoms with Gasteiger partial charge in [-0.15, -0.1) is 0 Å². The van der Waals surface area contributed by atoms with Gasteiger partial charge < -0.3 is 5.32 Å². The van der Waals surface area contributed by atoms with Gasteiger partial charge >= 0.3 is 0 Å². The van der Waals surface area contributed by atoms with E-state index in [1.54, 1.807) is 23.0 Å². The Bertz CT molecular complexity index is 1040. The van der Waals surface area contributed by atoms with Gasteiger partial charge in [-0.2, -0.15) is 5.10 Å². The maximum absolute atomic E-state index is 12.4. The molecule has 0 spiro atoms. The molecule has 0 radical (unpaired) electrons. The van der Waals surface area contributed by atoms with Crippen molar-refractivity contribution in [1.82, 2.24) is 20.1 Å². The van der Waals surface area contributed by atoms with Crippen LogP contribution in [0, 0.1) is 6.92 Å². The topological polar surface area (TPSA) is 120 Å². The number of nitrogens with one attached hydrogen (secondary N) is 1. The molecule has 140 valence electrons. The summed E-state index contributed by atoms with van der Waals surface area (Å²) in [6.45, 7) is 2.21. The number of primary sulfonamides is 1. The molecular weight excluding hydrogens is 366 g/mol. The van der Waals surface area contributed by atoms with Crippen molar-refractivity contribution in [2.75, 3.05) is 6.54 Å². The van der Waals surface area contributed by atoms with Gasteiger partial charge in [-0.3, -0.25) is 4.79 Å². The summed E-state index contributed by atoms with van der Waals surface area (Å²) >= 11 is 0. The Labute approximate surface area is 157 Å². The van der Waals surface area contributed by atoms with Crippen molar-refractivity contribution >= 4 is 15.9 Å². The number of rotatable bonds is 6. The van der Waals surface area contributed by atoms with E-state index in [1.807, 2.05) is 25.1 Å². The molecule has 3 rings (SSSR count). The summed E-state index contributed by atoms with van der Waals surface area (Å²) in [5, 5.41) is 12.1. The van der Waals surface area contributed by atoms with Crippen molar-refractivity contribution in [3.8, 4) is 5.82 Å². The van der Waals surface area contributed by atoms with Gasteiger partial charge in [0.05, 0.1) is 22.3 Å². The van der Waals surface area contributed by atoms with E-state index in [2.05, 4.69) is 15.4 Å². The van der Waals surface area contributed by atoms with Crippen LogP contribution in [0.1, 0.15) is 21.6 Å². The SMILES string of the molecule is Cc1c(C(=O)NCCc2ccc(S(N)(=O)=O)cc2)cnn1-c1ccccn1. The number of amides is 1. The number of nitrogens with two attached hydrogens (primary N) is 1. The molecule has 0 saturated carbocycles. The Morgan fingerprint density at radius 3 is 2.56 bits per heavy atom. The van der Waals surface area contributed by atoms with E-state index < -0.39 is 10.0 Å². The fourth-order valence-electron chi connectivity index (χ4n) is 2.60. The maximum atomic E-state index is 12.4. The van der Waals surface area contributed by atoms with Crippen LogP contribution in [0.2, 0.25) is 0 Å². The molecule has 0 saturated heterocycles. The van der Waals surface area contributed by atoms with Crippen LogP contribution in [0.15, 0.2) is 59.8 Å². The molecule has 2 heterocycles. The molecular formula is C18H19N5O3S. The summed E-state index contributed by atoms with van der Waals surface area (Å²) < 4.78 is 24.1. The molecule has 0 fully saturated rings. The first-order chi connectivity index (χ1) is 12.9. The minimum absolute atomic E-state index is 0.0628. The van der Waals surface area contributed by atoms with Gasteiger partial charge in [-0.05, 0) is 43.2 Å². The normalized spacial score (nSPS) is 11.3. The quantitative estimate of drug-likeness (QED) is 0.660. The van der Waals surface area contributed by atoms with E-state index >= 15 is 0 Å². The van der Waals surface area contributed by atoms with Crippen molar-refractivity contribution in [3.63, 3.8) is 0 Å². The first kappa shape index (κ1) is 18.7. The highest BCUT2D eigenvalue weighted by Gasteiger charge is 2.15. The molecule has 0 atom stereocenters. The fourth-order valence-corrected chi connectivity index (χ4v) is 3.12. The summed E-state index contributed by atoms with van der Waals surface area (Å²) in [6, 6.07) is 11.7. The van der Waals surface area contributed by atoms with Crippen LogP contribution < -0.4 is 10.5 Å². The van der Waals surface area contributed by atoms with E-state index in [1.165, 1.54) is 18.3 Å². The minimum Gasteiger partial charge on any atom is -0.352 e. The number of carbonyl (C=O) groups is 1. The molecule has 0 aliphatic carbocycles. The zero-order valence-corrected chi connectivity index (χ0v) is 15.5. The highest BCUT2D eigenvalue weighted by molar-refractivity contribution is 7.89. The molecule has 1 amide bonds. The van der Waals surface area contributed by atoms with E-state index in [-0.39, 0.29) is 10.8 Å². The van der Waals surface area contributed by atoms with Gasteiger partial charge in [0.15, 0.2) is 5.82 Å². The van der Waals surface area contributed by atoms with Crippen LogP contribution >= 0.6 is 0 Å². The molecule has 0 unspecified atom stereocenters. The Morgan fingerprint density at radius 1 is 1.19 bits per heavy atom. The van der Waals surface area contributed by atoms with Crippen LogP contribution in [0.3, 0.4) is 0 Å². The molecule has 3 N–H and O–H groups in total. The van der Waals surface area contributed by atoms with Gasteiger partial charge in [0.2, 0.25) is 10.0 Å². The predicted octanol–water partition coefficient (Wildman–Crippen LogP) is 1.20. The third-order valence-corrected chi connectivity index (χ3v) is 5.00. The van der Waals surface area contributed by atoms with Crippen LogP contribution in [-0.4, -0.2) is 35.6 Å². The molecule has 1 aromatic carbocycles. The summed E-state index contributed by atoms with van der Waals surface area (Å²) in [5.74, 6) is 0.417. The Morgan fingerprint density at radius 2 is 1.93 bits per heavy atom. The highest BCUT2D eigenvalue weighted by atomic mass is 32.2. The third-order valence-electron chi connectivity index (χ3n) is 4.07. The minimum atomic E-state index is -3.70. The summed E-state index contributed by atoms with van der Waals surface area (Å²) in [4.78, 5) is 16.7. The van der Waals surface area contributed by atoms with Crippen molar-refractivity contribution in [3.05, 3.63) is 71.7 Å². The second-order valence-electron chi connectivity index (χ2n) is 5.94. The van der Waals surface area contributed by atoms with Gasteiger partial charge in [0, 0.05) is 12.7 Å². The molecule has 8 nitrogen and oxygen atoms in total. The van der Waals surface area contributed by atoms with Gasteiger partial charge in [0.25, 0.3) is 5.91 Å². The fraction of sp³-hybridized carbons (Fsp3) is 0.167. The molecule has 9 heteroatoms. The molecule has 0 aliphatic heterocycles. The molecule has 27 heavy (non-hydrogen) atoms. The Hall–Kier alpha value is -3.04. The van der Waals surface area contributed by atoms with Gasteiger partial charge in [0.1, 0.15) is 0 Å².